The summed E-state index contributed by atoms with van der Waals surface area (Å²) in [6, 6.07) is 1.76. The summed E-state index contributed by atoms with van der Waals surface area (Å²) in [5, 5.41) is 14.7. The normalized spacial score (nSPS) is 23.9. The van der Waals surface area contributed by atoms with Gasteiger partial charge in [0, 0.05) is 6.20 Å². The van der Waals surface area contributed by atoms with Crippen LogP contribution in [0.1, 0.15) is 0 Å². The Bertz CT molecular complexity index is 223. The van der Waals surface area contributed by atoms with Gasteiger partial charge in [-0.05, 0) is 6.08 Å². The van der Waals surface area contributed by atoms with Crippen LogP contribution in [0.4, 0.5) is 0 Å². The van der Waals surface area contributed by atoms with E-state index < -0.39 is 11.8 Å². The zero-order chi connectivity index (χ0) is 6.69. The van der Waals surface area contributed by atoms with E-state index in [1.807, 2.05) is 0 Å². The maximum atomic E-state index is 10.5. The van der Waals surface area contributed by atoms with Gasteiger partial charge in [0.2, 0.25) is 0 Å². The molecule has 0 aromatic heterocycles. The number of nitriles is 1. The smallest absolute Gasteiger partial charge is 0.269 e. The summed E-state index contributed by atoms with van der Waals surface area (Å²) in [6.07, 6.45) is 2.75. The molecule has 4 nitrogen and oxygen atoms in total. The molecule has 0 bridgehead atoms. The predicted octanol–water partition coefficient (Wildman–Crippen LogP) is 0.632. The highest BCUT2D eigenvalue weighted by Crippen LogP contribution is 2.05. The molecule has 0 fully saturated rings. The fourth-order valence-corrected chi connectivity index (χ4v) is 0.458. The van der Waals surface area contributed by atoms with Crippen molar-refractivity contribution in [3.8, 4) is 6.07 Å². The Balaban J connectivity index is 2.81. The molecule has 0 radical (unpaired) electrons. The van der Waals surface area contributed by atoms with E-state index in [2.05, 4.69) is 10.2 Å². The summed E-state index contributed by atoms with van der Waals surface area (Å²) in [5.41, 5.74) is 0. The van der Waals surface area contributed by atoms with Gasteiger partial charge in [-0.3, -0.25) is 4.79 Å². The Kier molecular flexibility index (Phi) is 1.36. The minimum absolute atomic E-state index is 0.486. The number of carbonyl (C=O) groups excluding carboxylic acids is 1. The molecule has 1 unspecified atom stereocenters. The van der Waals surface area contributed by atoms with Crippen LogP contribution in [0.2, 0.25) is 0 Å². The van der Waals surface area contributed by atoms with Crippen LogP contribution >= 0.6 is 0 Å². The fraction of sp³-hybridized carbons (Fsp3) is 0.200. The van der Waals surface area contributed by atoms with Gasteiger partial charge in [-0.2, -0.15) is 10.4 Å². The van der Waals surface area contributed by atoms with Gasteiger partial charge in [0.05, 0.1) is 6.07 Å². The molecule has 0 aromatic carbocycles. The Hall–Kier alpha value is -1.50. The molecule has 1 rings (SSSR count). The molecule has 0 aromatic rings. The summed E-state index contributed by atoms with van der Waals surface area (Å²) in [5.74, 6) is -1.21. The zero-order valence-corrected chi connectivity index (χ0v) is 4.48. The molecule has 4 heteroatoms. The molecule has 1 heterocycles. The molecule has 1 aliphatic heterocycles. The van der Waals surface area contributed by atoms with Crippen molar-refractivity contribution in [2.75, 3.05) is 0 Å². The van der Waals surface area contributed by atoms with Gasteiger partial charge in [-0.15, -0.1) is 5.11 Å². The lowest BCUT2D eigenvalue weighted by atomic mass is 10.1. The van der Waals surface area contributed by atoms with Gasteiger partial charge >= 0.3 is 0 Å². The van der Waals surface area contributed by atoms with Crippen molar-refractivity contribution in [2.24, 2.45) is 16.1 Å². The Labute approximate surface area is 51.5 Å². The molecule has 1 amide bonds. The van der Waals surface area contributed by atoms with Gasteiger partial charge in [-0.1, -0.05) is 0 Å². The SMILES string of the molecule is N#CC1C=CN=NC1=O. The van der Waals surface area contributed by atoms with Gasteiger partial charge in [-0.25, -0.2) is 0 Å². The molecular weight excluding hydrogens is 118 g/mol. The molecule has 0 spiro atoms. The van der Waals surface area contributed by atoms with Crippen molar-refractivity contribution in [3.63, 3.8) is 0 Å². The standard InChI is InChI=1S/C5H3N3O/c6-3-4-1-2-7-8-5(4)9/h1-2,4H. The lowest BCUT2D eigenvalue weighted by molar-refractivity contribution is -0.119. The van der Waals surface area contributed by atoms with Crippen molar-refractivity contribution in [2.45, 2.75) is 0 Å². The van der Waals surface area contributed by atoms with Crippen LogP contribution in [0, 0.1) is 17.2 Å². The lowest BCUT2D eigenvalue weighted by Gasteiger charge is -1.96. The third kappa shape index (κ3) is 0.995. The van der Waals surface area contributed by atoms with Gasteiger partial charge in [0.25, 0.3) is 5.91 Å². The van der Waals surface area contributed by atoms with Gasteiger partial charge in [0.1, 0.15) is 5.92 Å². The highest BCUT2D eigenvalue weighted by atomic mass is 16.1. The van der Waals surface area contributed by atoms with E-state index >= 15 is 0 Å². The highest BCUT2D eigenvalue weighted by Gasteiger charge is 2.15. The minimum Gasteiger partial charge on any atom is -0.269 e. The van der Waals surface area contributed by atoms with Crippen molar-refractivity contribution >= 4 is 5.91 Å². The van der Waals surface area contributed by atoms with Gasteiger partial charge < -0.3 is 0 Å². The van der Waals surface area contributed by atoms with Crippen molar-refractivity contribution in [1.29, 1.82) is 5.26 Å². The minimum atomic E-state index is -0.720. The number of amides is 1. The van der Waals surface area contributed by atoms with Crippen LogP contribution in [0.3, 0.4) is 0 Å². The largest absolute Gasteiger partial charge is 0.285 e. The van der Waals surface area contributed by atoms with Crippen LogP contribution in [0.25, 0.3) is 0 Å². The fourth-order valence-electron chi connectivity index (χ4n) is 0.458. The average molecular weight is 121 g/mol. The lowest BCUT2D eigenvalue weighted by Crippen LogP contribution is -2.07. The molecule has 0 aliphatic carbocycles. The Morgan fingerprint density at radius 2 is 2.56 bits per heavy atom. The molecular formula is C5H3N3O. The quantitative estimate of drug-likeness (QED) is 0.471. The van der Waals surface area contributed by atoms with Crippen molar-refractivity contribution < 1.29 is 4.79 Å². The number of hydrogen-bond acceptors (Lipinski definition) is 3. The molecule has 0 saturated heterocycles. The predicted molar refractivity (Wildman–Crippen MR) is 28.1 cm³/mol. The molecule has 1 atom stereocenters. The van der Waals surface area contributed by atoms with E-state index in [4.69, 9.17) is 5.26 Å². The van der Waals surface area contributed by atoms with Crippen molar-refractivity contribution in [1.82, 2.24) is 0 Å². The number of rotatable bonds is 0. The maximum Gasteiger partial charge on any atom is 0.285 e. The van der Waals surface area contributed by atoms with Crippen molar-refractivity contribution in [3.05, 3.63) is 12.3 Å². The first-order valence-electron chi connectivity index (χ1n) is 2.35. The second-order valence-corrected chi connectivity index (χ2v) is 1.50. The molecule has 1 aliphatic rings. The van der Waals surface area contributed by atoms with E-state index in [-0.39, 0.29) is 0 Å². The third-order valence-corrected chi connectivity index (χ3v) is 0.907. The van der Waals surface area contributed by atoms with Crippen LogP contribution in [-0.4, -0.2) is 5.91 Å². The second kappa shape index (κ2) is 2.18. The highest BCUT2D eigenvalue weighted by molar-refractivity contribution is 5.83. The summed E-state index contributed by atoms with van der Waals surface area (Å²) in [4.78, 5) is 10.5. The number of hydrogen-bond donors (Lipinski definition) is 0. The summed E-state index contributed by atoms with van der Waals surface area (Å²) < 4.78 is 0. The first-order valence-corrected chi connectivity index (χ1v) is 2.35. The number of carbonyl (C=O) groups is 1. The first-order chi connectivity index (χ1) is 4.34. The Morgan fingerprint density at radius 3 is 3.00 bits per heavy atom. The Morgan fingerprint density at radius 1 is 1.78 bits per heavy atom. The van der Waals surface area contributed by atoms with Crippen LogP contribution in [0.5, 0.6) is 0 Å². The topological polar surface area (TPSA) is 65.6 Å². The van der Waals surface area contributed by atoms with Crippen LogP contribution in [-0.2, 0) is 4.79 Å². The zero-order valence-electron chi connectivity index (χ0n) is 4.48. The summed E-state index contributed by atoms with van der Waals surface area (Å²) in [6.45, 7) is 0. The van der Waals surface area contributed by atoms with E-state index in [1.165, 1.54) is 12.3 Å². The average Bonchev–Trinajstić information content (AvgIpc) is 1.89. The van der Waals surface area contributed by atoms with Crippen LogP contribution in [0.15, 0.2) is 22.5 Å². The number of azo groups is 1. The van der Waals surface area contributed by atoms with Gasteiger partial charge in [0.15, 0.2) is 0 Å². The van der Waals surface area contributed by atoms with E-state index in [1.54, 1.807) is 6.07 Å². The first kappa shape index (κ1) is 5.63. The number of nitrogens with zero attached hydrogens (tertiary/aromatic N) is 3. The van der Waals surface area contributed by atoms with Crippen LogP contribution < -0.4 is 0 Å². The monoisotopic (exact) mass is 121 g/mol. The molecule has 44 valence electrons. The summed E-state index contributed by atoms with van der Waals surface area (Å²) in [7, 11) is 0. The maximum absolute atomic E-state index is 10.5. The van der Waals surface area contributed by atoms with E-state index in [0.29, 0.717) is 0 Å². The molecule has 0 saturated carbocycles. The molecule has 0 N–H and O–H groups in total. The van der Waals surface area contributed by atoms with E-state index in [0.717, 1.165) is 0 Å². The van der Waals surface area contributed by atoms with E-state index in [9.17, 15) is 4.79 Å². The second-order valence-electron chi connectivity index (χ2n) is 1.50. The third-order valence-electron chi connectivity index (χ3n) is 0.907. The summed E-state index contributed by atoms with van der Waals surface area (Å²) >= 11 is 0. The molecule has 9 heavy (non-hydrogen) atoms.